The normalized spacial score (nSPS) is 20.0. The summed E-state index contributed by atoms with van der Waals surface area (Å²) in [6, 6.07) is 0. The van der Waals surface area contributed by atoms with Crippen LogP contribution < -0.4 is 11.1 Å². The first-order valence-electron chi connectivity index (χ1n) is 5.47. The molecule has 1 aliphatic carbocycles. The zero-order chi connectivity index (χ0) is 10.8. The van der Waals surface area contributed by atoms with Crippen molar-refractivity contribution in [3.8, 4) is 0 Å². The van der Waals surface area contributed by atoms with Gasteiger partial charge in [0.25, 0.3) is 0 Å². The summed E-state index contributed by atoms with van der Waals surface area (Å²) in [6.07, 6.45) is 4.58. The Morgan fingerprint density at radius 1 is 1.50 bits per heavy atom. The number of nitrogens with two attached hydrogens (primary N) is 1. The smallest absolute Gasteiger partial charge is 0.222 e. The number of carbonyl (C=O) groups is 1. The van der Waals surface area contributed by atoms with Crippen molar-refractivity contribution in [2.45, 2.75) is 64.0 Å². The van der Waals surface area contributed by atoms with Crippen LogP contribution in [0, 0.1) is 0 Å². The number of carbonyl (C=O) groups excluding carboxylic acids is 1. The molecule has 0 saturated heterocycles. The average molecular weight is 198 g/mol. The van der Waals surface area contributed by atoms with Gasteiger partial charge in [0.1, 0.15) is 0 Å². The van der Waals surface area contributed by atoms with E-state index in [1.807, 2.05) is 13.8 Å². The van der Waals surface area contributed by atoms with Crippen molar-refractivity contribution in [1.29, 1.82) is 0 Å². The van der Waals surface area contributed by atoms with Crippen LogP contribution in [0.25, 0.3) is 0 Å². The van der Waals surface area contributed by atoms with Crippen molar-refractivity contribution in [1.82, 2.24) is 5.32 Å². The fraction of sp³-hybridized carbons (Fsp3) is 0.909. The Balaban J connectivity index is 2.35. The van der Waals surface area contributed by atoms with Gasteiger partial charge in [-0.1, -0.05) is 6.92 Å². The molecule has 1 aliphatic rings. The highest BCUT2D eigenvalue weighted by Crippen LogP contribution is 2.32. The van der Waals surface area contributed by atoms with Crippen LogP contribution in [0.15, 0.2) is 0 Å². The van der Waals surface area contributed by atoms with Crippen molar-refractivity contribution in [3.63, 3.8) is 0 Å². The number of nitrogens with one attached hydrogen (secondary N) is 1. The fourth-order valence-corrected chi connectivity index (χ4v) is 1.64. The number of hydrogen-bond donors (Lipinski definition) is 2. The first-order chi connectivity index (χ1) is 6.37. The highest BCUT2D eigenvalue weighted by atomic mass is 16.1. The highest BCUT2D eigenvalue weighted by molar-refractivity contribution is 5.78. The molecule has 1 saturated carbocycles. The fourth-order valence-electron chi connectivity index (χ4n) is 1.64. The highest BCUT2D eigenvalue weighted by Gasteiger charge is 2.35. The second kappa shape index (κ2) is 3.89. The molecule has 82 valence electrons. The van der Waals surface area contributed by atoms with Gasteiger partial charge in [-0.25, -0.2) is 0 Å². The average Bonchev–Trinajstić information content (AvgIpc) is 2.00. The molecule has 1 rings (SSSR count). The van der Waals surface area contributed by atoms with E-state index in [9.17, 15) is 4.79 Å². The van der Waals surface area contributed by atoms with Crippen molar-refractivity contribution >= 4 is 5.91 Å². The Labute approximate surface area is 86.4 Å². The van der Waals surface area contributed by atoms with Crippen molar-refractivity contribution in [3.05, 3.63) is 0 Å². The summed E-state index contributed by atoms with van der Waals surface area (Å²) >= 11 is 0. The lowest BCUT2D eigenvalue weighted by Crippen LogP contribution is -2.52. The molecule has 0 aromatic rings. The third-order valence-corrected chi connectivity index (χ3v) is 3.22. The van der Waals surface area contributed by atoms with Crippen LogP contribution in [0.3, 0.4) is 0 Å². The molecule has 1 amide bonds. The van der Waals surface area contributed by atoms with Gasteiger partial charge in [0.2, 0.25) is 5.91 Å². The van der Waals surface area contributed by atoms with E-state index in [1.165, 1.54) is 6.42 Å². The van der Waals surface area contributed by atoms with Gasteiger partial charge < -0.3 is 11.1 Å². The molecule has 1 fully saturated rings. The molecular formula is C11H22N2O. The molecule has 0 bridgehead atoms. The second-order valence-electron chi connectivity index (χ2n) is 5.18. The SMILES string of the molecule is CCC(C)(C)NC(=O)CC1(N)CCC1. The largest absolute Gasteiger partial charge is 0.351 e. The topological polar surface area (TPSA) is 55.1 Å². The van der Waals surface area contributed by atoms with Gasteiger partial charge in [0.15, 0.2) is 0 Å². The van der Waals surface area contributed by atoms with Crippen LogP contribution in [-0.2, 0) is 4.79 Å². The van der Waals surface area contributed by atoms with E-state index in [0.717, 1.165) is 19.3 Å². The third kappa shape index (κ3) is 2.98. The van der Waals surface area contributed by atoms with Gasteiger partial charge in [-0.2, -0.15) is 0 Å². The van der Waals surface area contributed by atoms with Crippen molar-refractivity contribution < 1.29 is 4.79 Å². The molecule has 3 nitrogen and oxygen atoms in total. The molecule has 3 N–H and O–H groups in total. The van der Waals surface area contributed by atoms with E-state index in [0.29, 0.717) is 6.42 Å². The standard InChI is InChI=1S/C11H22N2O/c1-4-10(2,3)13-9(14)8-11(12)6-5-7-11/h4-8,12H2,1-3H3,(H,13,14). The molecule has 0 aliphatic heterocycles. The summed E-state index contributed by atoms with van der Waals surface area (Å²) < 4.78 is 0. The van der Waals surface area contributed by atoms with Gasteiger partial charge in [-0.3, -0.25) is 4.79 Å². The van der Waals surface area contributed by atoms with Crippen molar-refractivity contribution in [2.24, 2.45) is 5.73 Å². The molecular weight excluding hydrogens is 176 g/mol. The minimum absolute atomic E-state index is 0.0963. The third-order valence-electron chi connectivity index (χ3n) is 3.22. The predicted molar refractivity (Wildman–Crippen MR) is 57.9 cm³/mol. The quantitative estimate of drug-likeness (QED) is 0.720. The predicted octanol–water partition coefficient (Wildman–Crippen LogP) is 1.56. The van der Waals surface area contributed by atoms with Crippen LogP contribution in [0.5, 0.6) is 0 Å². The van der Waals surface area contributed by atoms with Crippen molar-refractivity contribution in [2.75, 3.05) is 0 Å². The maximum atomic E-state index is 11.6. The molecule has 0 spiro atoms. The summed E-state index contributed by atoms with van der Waals surface area (Å²) in [6.45, 7) is 6.14. The van der Waals surface area contributed by atoms with E-state index in [4.69, 9.17) is 5.73 Å². The Morgan fingerprint density at radius 3 is 2.43 bits per heavy atom. The summed E-state index contributed by atoms with van der Waals surface area (Å²) in [5.41, 5.74) is 5.70. The number of rotatable bonds is 4. The summed E-state index contributed by atoms with van der Waals surface area (Å²) in [5.74, 6) is 0.0963. The Hall–Kier alpha value is -0.570. The number of hydrogen-bond acceptors (Lipinski definition) is 2. The van der Waals surface area contributed by atoms with Gasteiger partial charge in [-0.05, 0) is 39.5 Å². The summed E-state index contributed by atoms with van der Waals surface area (Å²) in [4.78, 5) is 11.6. The maximum Gasteiger partial charge on any atom is 0.222 e. The summed E-state index contributed by atoms with van der Waals surface area (Å²) in [5, 5.41) is 3.01. The second-order valence-corrected chi connectivity index (χ2v) is 5.18. The first-order valence-corrected chi connectivity index (χ1v) is 5.47. The van der Waals surface area contributed by atoms with Gasteiger partial charge in [-0.15, -0.1) is 0 Å². The Bertz CT molecular complexity index is 204. The van der Waals surface area contributed by atoms with Crippen LogP contribution in [0.4, 0.5) is 0 Å². The molecule has 0 aromatic heterocycles. The lowest BCUT2D eigenvalue weighted by Gasteiger charge is -2.38. The molecule has 14 heavy (non-hydrogen) atoms. The zero-order valence-electron chi connectivity index (χ0n) is 9.52. The Kier molecular flexibility index (Phi) is 3.20. The van der Waals surface area contributed by atoms with Crippen LogP contribution >= 0.6 is 0 Å². The summed E-state index contributed by atoms with van der Waals surface area (Å²) in [7, 11) is 0. The lowest BCUT2D eigenvalue weighted by molar-refractivity contribution is -0.124. The van der Waals surface area contributed by atoms with Crippen LogP contribution in [0.1, 0.15) is 52.9 Å². The van der Waals surface area contributed by atoms with E-state index < -0.39 is 0 Å². The van der Waals surface area contributed by atoms with E-state index in [1.54, 1.807) is 0 Å². The van der Waals surface area contributed by atoms with E-state index in [-0.39, 0.29) is 17.0 Å². The monoisotopic (exact) mass is 198 g/mol. The van der Waals surface area contributed by atoms with Gasteiger partial charge in [0, 0.05) is 17.5 Å². The molecule has 0 aromatic carbocycles. The lowest BCUT2D eigenvalue weighted by atomic mass is 9.75. The van der Waals surface area contributed by atoms with Gasteiger partial charge in [0.05, 0.1) is 0 Å². The zero-order valence-corrected chi connectivity index (χ0v) is 9.52. The van der Waals surface area contributed by atoms with E-state index >= 15 is 0 Å². The first kappa shape index (κ1) is 11.5. The maximum absolute atomic E-state index is 11.6. The Morgan fingerprint density at radius 2 is 2.07 bits per heavy atom. The number of amides is 1. The molecule has 0 atom stereocenters. The van der Waals surface area contributed by atoms with Crippen LogP contribution in [-0.4, -0.2) is 17.0 Å². The minimum atomic E-state index is -0.200. The molecule has 0 unspecified atom stereocenters. The molecule has 0 radical (unpaired) electrons. The molecule has 3 heteroatoms. The minimum Gasteiger partial charge on any atom is -0.351 e. The van der Waals surface area contributed by atoms with E-state index in [2.05, 4.69) is 12.2 Å². The van der Waals surface area contributed by atoms with Crippen LogP contribution in [0.2, 0.25) is 0 Å². The van der Waals surface area contributed by atoms with Gasteiger partial charge >= 0.3 is 0 Å². The molecule has 0 heterocycles.